The highest BCUT2D eigenvalue weighted by atomic mass is 15.3. The van der Waals surface area contributed by atoms with Crippen LogP contribution in [0.4, 0.5) is 0 Å². The number of hydrogen-bond donors (Lipinski definition) is 0. The van der Waals surface area contributed by atoms with E-state index >= 15 is 0 Å². The summed E-state index contributed by atoms with van der Waals surface area (Å²) in [5.74, 6) is 0. The third kappa shape index (κ3) is 1.19. The van der Waals surface area contributed by atoms with Crippen molar-refractivity contribution >= 4 is 0 Å². The van der Waals surface area contributed by atoms with Crippen LogP contribution in [0.25, 0.3) is 0 Å². The molecule has 1 nitrogen and oxygen atoms in total. The number of nitrogens with zero attached hydrogens (tertiary/aromatic N) is 1. The molecule has 0 amide bonds. The van der Waals surface area contributed by atoms with Gasteiger partial charge in [-0.3, -0.25) is 4.90 Å². The summed E-state index contributed by atoms with van der Waals surface area (Å²) < 4.78 is 0. The lowest BCUT2D eigenvalue weighted by molar-refractivity contribution is -0.0640. The summed E-state index contributed by atoms with van der Waals surface area (Å²) in [5.41, 5.74) is 0.673. The van der Waals surface area contributed by atoms with Crippen molar-refractivity contribution < 1.29 is 0 Å². The zero-order valence-corrected chi connectivity index (χ0v) is 8.47. The predicted octanol–water partition coefficient (Wildman–Crippen LogP) is 2.80. The fourth-order valence-electron chi connectivity index (χ4n) is 3.11. The van der Waals surface area contributed by atoms with Crippen LogP contribution < -0.4 is 0 Å². The molecule has 0 bridgehead atoms. The highest BCUT2D eigenvalue weighted by molar-refractivity contribution is 5.02. The first-order valence-corrected chi connectivity index (χ1v) is 5.51. The molecule has 1 heterocycles. The van der Waals surface area contributed by atoms with Gasteiger partial charge in [-0.05, 0) is 33.1 Å². The second-order valence-electron chi connectivity index (χ2n) is 4.82. The van der Waals surface area contributed by atoms with Gasteiger partial charge in [0.2, 0.25) is 0 Å². The predicted molar refractivity (Wildman–Crippen MR) is 52.3 cm³/mol. The first kappa shape index (κ1) is 8.55. The van der Waals surface area contributed by atoms with Crippen LogP contribution in [0.3, 0.4) is 0 Å². The van der Waals surface area contributed by atoms with Crippen LogP contribution in [0.15, 0.2) is 0 Å². The van der Waals surface area contributed by atoms with E-state index in [2.05, 4.69) is 18.7 Å². The quantitative estimate of drug-likeness (QED) is 0.580. The lowest BCUT2D eigenvalue weighted by atomic mass is 9.72. The molecule has 12 heavy (non-hydrogen) atoms. The van der Waals surface area contributed by atoms with Gasteiger partial charge in [0.05, 0.1) is 0 Å². The Bertz CT molecular complexity index is 156. The Labute approximate surface area is 76.1 Å². The zero-order valence-electron chi connectivity index (χ0n) is 8.47. The molecule has 2 aliphatic rings. The van der Waals surface area contributed by atoms with Crippen LogP contribution >= 0.6 is 0 Å². The van der Waals surface area contributed by atoms with E-state index in [1.807, 2.05) is 0 Å². The van der Waals surface area contributed by atoms with Crippen molar-refractivity contribution in [2.45, 2.75) is 64.0 Å². The Morgan fingerprint density at radius 2 is 1.67 bits per heavy atom. The molecule has 0 aromatic rings. The third-order valence-corrected chi connectivity index (χ3v) is 3.83. The molecule has 0 radical (unpaired) electrons. The topological polar surface area (TPSA) is 3.24 Å². The molecule has 2 fully saturated rings. The first-order chi connectivity index (χ1) is 5.75. The van der Waals surface area contributed by atoms with Gasteiger partial charge in [-0.15, -0.1) is 0 Å². The van der Waals surface area contributed by atoms with Gasteiger partial charge < -0.3 is 0 Å². The maximum atomic E-state index is 2.73. The third-order valence-electron chi connectivity index (χ3n) is 3.83. The smallest absolute Gasteiger partial charge is 0.0224 e. The van der Waals surface area contributed by atoms with E-state index in [4.69, 9.17) is 0 Å². The van der Waals surface area contributed by atoms with E-state index in [0.717, 1.165) is 6.04 Å². The minimum Gasteiger partial charge on any atom is -0.295 e. The SMILES string of the molecule is CC(C)N1CCC12CCCCC2. The second-order valence-corrected chi connectivity index (χ2v) is 4.82. The molecule has 70 valence electrons. The molecule has 0 atom stereocenters. The maximum Gasteiger partial charge on any atom is 0.0224 e. The van der Waals surface area contributed by atoms with Crippen molar-refractivity contribution in [3.8, 4) is 0 Å². The highest BCUT2D eigenvalue weighted by Gasteiger charge is 2.45. The van der Waals surface area contributed by atoms with Crippen LogP contribution in [-0.4, -0.2) is 23.0 Å². The molecule has 0 unspecified atom stereocenters. The fraction of sp³-hybridized carbons (Fsp3) is 1.00. The van der Waals surface area contributed by atoms with Crippen molar-refractivity contribution in [2.75, 3.05) is 6.54 Å². The van der Waals surface area contributed by atoms with E-state index in [9.17, 15) is 0 Å². The maximum absolute atomic E-state index is 2.73. The molecule has 1 saturated carbocycles. The van der Waals surface area contributed by atoms with Crippen LogP contribution in [0.5, 0.6) is 0 Å². The summed E-state index contributed by atoms with van der Waals surface area (Å²) in [6.45, 7) is 6.04. The molecule has 2 rings (SSSR count). The molecule has 1 aliphatic carbocycles. The van der Waals surface area contributed by atoms with Gasteiger partial charge in [-0.2, -0.15) is 0 Å². The largest absolute Gasteiger partial charge is 0.295 e. The van der Waals surface area contributed by atoms with Gasteiger partial charge in [0.25, 0.3) is 0 Å². The number of hydrogen-bond acceptors (Lipinski definition) is 1. The summed E-state index contributed by atoms with van der Waals surface area (Å²) in [7, 11) is 0. The number of rotatable bonds is 1. The van der Waals surface area contributed by atoms with E-state index in [1.54, 1.807) is 0 Å². The zero-order chi connectivity index (χ0) is 8.60. The van der Waals surface area contributed by atoms with Crippen molar-refractivity contribution in [3.05, 3.63) is 0 Å². The summed E-state index contributed by atoms with van der Waals surface area (Å²) in [5, 5.41) is 0. The van der Waals surface area contributed by atoms with Gasteiger partial charge in [-0.1, -0.05) is 19.3 Å². The molecule has 1 spiro atoms. The lowest BCUT2D eigenvalue weighted by Crippen LogP contribution is -2.62. The van der Waals surface area contributed by atoms with E-state index in [-0.39, 0.29) is 0 Å². The molecule has 1 heteroatoms. The van der Waals surface area contributed by atoms with E-state index in [1.165, 1.54) is 45.1 Å². The molecular formula is C11H21N. The molecule has 0 aromatic heterocycles. The van der Waals surface area contributed by atoms with Gasteiger partial charge in [0.1, 0.15) is 0 Å². The average molecular weight is 167 g/mol. The average Bonchev–Trinajstić information content (AvgIpc) is 2.03. The molecular weight excluding hydrogens is 146 g/mol. The van der Waals surface area contributed by atoms with Crippen molar-refractivity contribution in [2.24, 2.45) is 0 Å². The molecule has 1 saturated heterocycles. The van der Waals surface area contributed by atoms with Crippen LogP contribution in [0.2, 0.25) is 0 Å². The Kier molecular flexibility index (Phi) is 2.16. The Morgan fingerprint density at radius 3 is 2.08 bits per heavy atom. The first-order valence-electron chi connectivity index (χ1n) is 5.51. The summed E-state index contributed by atoms with van der Waals surface area (Å²) >= 11 is 0. The van der Waals surface area contributed by atoms with Crippen molar-refractivity contribution in [3.63, 3.8) is 0 Å². The van der Waals surface area contributed by atoms with Gasteiger partial charge in [-0.25, -0.2) is 0 Å². The minimum absolute atomic E-state index is 0.673. The van der Waals surface area contributed by atoms with Crippen LogP contribution in [-0.2, 0) is 0 Å². The molecule has 1 aliphatic heterocycles. The summed E-state index contributed by atoms with van der Waals surface area (Å²) in [6, 6.07) is 0.775. The Morgan fingerprint density at radius 1 is 1.00 bits per heavy atom. The van der Waals surface area contributed by atoms with Gasteiger partial charge in [0.15, 0.2) is 0 Å². The standard InChI is InChI=1S/C11H21N/c1-10(2)12-9-8-11(12)6-4-3-5-7-11/h10H,3-9H2,1-2H3. The monoisotopic (exact) mass is 167 g/mol. The van der Waals surface area contributed by atoms with Crippen molar-refractivity contribution in [1.29, 1.82) is 0 Å². The Balaban J connectivity index is 2.00. The fourth-order valence-corrected chi connectivity index (χ4v) is 3.11. The van der Waals surface area contributed by atoms with Crippen molar-refractivity contribution in [1.82, 2.24) is 4.90 Å². The summed E-state index contributed by atoms with van der Waals surface area (Å²) in [6.07, 6.45) is 8.86. The van der Waals surface area contributed by atoms with Gasteiger partial charge >= 0.3 is 0 Å². The minimum atomic E-state index is 0.673. The number of likely N-dealkylation sites (tertiary alicyclic amines) is 1. The molecule has 0 aromatic carbocycles. The summed E-state index contributed by atoms with van der Waals surface area (Å²) in [4.78, 5) is 2.73. The van der Waals surface area contributed by atoms with E-state index < -0.39 is 0 Å². The van der Waals surface area contributed by atoms with Crippen LogP contribution in [0, 0.1) is 0 Å². The van der Waals surface area contributed by atoms with Crippen LogP contribution in [0.1, 0.15) is 52.4 Å². The normalized spacial score (nSPS) is 29.2. The lowest BCUT2D eigenvalue weighted by Gasteiger charge is -2.57. The highest BCUT2D eigenvalue weighted by Crippen LogP contribution is 2.43. The Hall–Kier alpha value is -0.0400. The second kappa shape index (κ2) is 3.02. The molecule has 0 N–H and O–H groups in total. The van der Waals surface area contributed by atoms with Gasteiger partial charge in [0, 0.05) is 18.1 Å². The van der Waals surface area contributed by atoms with E-state index in [0.29, 0.717) is 5.54 Å².